The lowest BCUT2D eigenvalue weighted by atomic mass is 10.0. The number of methoxy groups -OCH3 is 1. The maximum atomic E-state index is 6.31. The molecule has 0 radical (unpaired) electrons. The van der Waals surface area contributed by atoms with E-state index in [4.69, 9.17) is 32.8 Å². The molecule has 0 unspecified atom stereocenters. The van der Waals surface area contributed by atoms with E-state index in [1.165, 1.54) is 0 Å². The highest BCUT2D eigenvalue weighted by Crippen LogP contribution is 2.24. The molecule has 0 aliphatic carbocycles. The van der Waals surface area contributed by atoms with Gasteiger partial charge < -0.3 is 9.57 Å². The van der Waals surface area contributed by atoms with Crippen LogP contribution in [0.2, 0.25) is 10.0 Å². The second kappa shape index (κ2) is 7.77. The maximum Gasteiger partial charge on any atom is 0.230 e. The summed E-state index contributed by atoms with van der Waals surface area (Å²) < 4.78 is 5.23. The van der Waals surface area contributed by atoms with Crippen molar-refractivity contribution >= 4 is 28.9 Å². The first-order valence-corrected chi connectivity index (χ1v) is 7.81. The topological polar surface area (TPSA) is 43.7 Å². The smallest absolute Gasteiger partial charge is 0.230 e. The Morgan fingerprint density at radius 1 is 1.26 bits per heavy atom. The molecule has 0 saturated heterocycles. The van der Waals surface area contributed by atoms with Crippen LogP contribution >= 0.6 is 23.2 Å². The first-order valence-electron chi connectivity index (χ1n) is 7.06. The van der Waals surface area contributed by atoms with Gasteiger partial charge in [0.05, 0.1) is 10.7 Å². The molecule has 23 heavy (non-hydrogen) atoms. The number of halogens is 2. The third kappa shape index (κ3) is 5.20. The Balaban J connectivity index is 2.36. The van der Waals surface area contributed by atoms with Crippen LogP contribution in [0.25, 0.3) is 0 Å². The van der Waals surface area contributed by atoms with E-state index >= 15 is 0 Å². The average molecular weight is 353 g/mol. The van der Waals surface area contributed by atoms with Gasteiger partial charge in [0.1, 0.15) is 0 Å². The van der Waals surface area contributed by atoms with Crippen LogP contribution in [0.1, 0.15) is 25.0 Å². The van der Waals surface area contributed by atoms with Gasteiger partial charge in [-0.25, -0.2) is 0 Å². The minimum Gasteiger partial charge on any atom is -0.361 e. The summed E-state index contributed by atoms with van der Waals surface area (Å²) in [5.74, 6) is -0.834. The molecule has 0 spiro atoms. The number of hydrogen-bond acceptors (Lipinski definition) is 4. The summed E-state index contributed by atoms with van der Waals surface area (Å²) in [6, 6.07) is 9.11. The zero-order valence-corrected chi connectivity index (χ0v) is 14.7. The summed E-state index contributed by atoms with van der Waals surface area (Å²) in [4.78, 5) is 9.62. The summed E-state index contributed by atoms with van der Waals surface area (Å²) in [5, 5.41) is 5.34. The molecular weight excluding hydrogens is 335 g/mol. The van der Waals surface area contributed by atoms with E-state index in [1.54, 1.807) is 45.5 Å². The molecule has 0 amide bonds. The van der Waals surface area contributed by atoms with E-state index in [2.05, 4.69) is 10.1 Å². The van der Waals surface area contributed by atoms with Gasteiger partial charge in [0.2, 0.25) is 5.79 Å². The second-order valence-electron chi connectivity index (χ2n) is 5.40. The molecule has 0 fully saturated rings. The quantitative estimate of drug-likeness (QED) is 0.428. The number of nitrogens with zero attached hydrogens (tertiary/aromatic N) is 2. The number of oxime groups is 1. The molecule has 1 aromatic carbocycles. The van der Waals surface area contributed by atoms with E-state index in [-0.39, 0.29) is 0 Å². The summed E-state index contributed by atoms with van der Waals surface area (Å²) in [6.45, 7) is 3.56. The number of pyridine rings is 1. The summed E-state index contributed by atoms with van der Waals surface area (Å²) in [5.41, 5.74) is 2.42. The van der Waals surface area contributed by atoms with Crippen LogP contribution in [0.15, 0.2) is 47.9 Å². The second-order valence-corrected chi connectivity index (χ2v) is 6.24. The van der Waals surface area contributed by atoms with E-state index < -0.39 is 5.79 Å². The van der Waals surface area contributed by atoms with Crippen LogP contribution in [0, 0.1) is 0 Å². The molecule has 2 aromatic rings. The molecule has 122 valence electrons. The highest BCUT2D eigenvalue weighted by molar-refractivity contribution is 6.37. The minimum absolute atomic E-state index is 0.513. The van der Waals surface area contributed by atoms with Crippen molar-refractivity contribution in [3.63, 3.8) is 0 Å². The van der Waals surface area contributed by atoms with Crippen molar-refractivity contribution in [2.45, 2.75) is 26.1 Å². The lowest BCUT2D eigenvalue weighted by Crippen LogP contribution is -2.25. The molecule has 0 aliphatic heterocycles. The summed E-state index contributed by atoms with van der Waals surface area (Å²) >= 11 is 12.3. The third-order valence-corrected chi connectivity index (χ3v) is 3.75. The van der Waals surface area contributed by atoms with Gasteiger partial charge in [-0.2, -0.15) is 0 Å². The van der Waals surface area contributed by atoms with Gasteiger partial charge in [-0.3, -0.25) is 4.98 Å². The van der Waals surface area contributed by atoms with Crippen molar-refractivity contribution in [2.24, 2.45) is 5.16 Å². The Morgan fingerprint density at radius 3 is 2.65 bits per heavy atom. The molecule has 1 aromatic heterocycles. The number of aromatic nitrogens is 1. The minimum atomic E-state index is -0.834. The Labute approximate surface area is 146 Å². The van der Waals surface area contributed by atoms with Gasteiger partial charge in [-0.1, -0.05) is 40.5 Å². The standard InChI is InChI=1S/C17H18Cl2N2O2/c1-17(2,22-3)23-21-16(9-12-5-4-8-20-11-12)14-7-6-13(18)10-15(14)19/h4-8,10-11H,9H2,1-3H3. The predicted octanol–water partition coefficient (Wildman–Crippen LogP) is 4.73. The van der Waals surface area contributed by atoms with E-state index in [0.717, 1.165) is 11.1 Å². The van der Waals surface area contributed by atoms with E-state index in [0.29, 0.717) is 22.2 Å². The summed E-state index contributed by atoms with van der Waals surface area (Å²) in [7, 11) is 1.56. The van der Waals surface area contributed by atoms with Gasteiger partial charge in [0, 0.05) is 50.4 Å². The summed E-state index contributed by atoms with van der Waals surface area (Å²) in [6.07, 6.45) is 4.02. The molecule has 0 bridgehead atoms. The molecule has 0 atom stereocenters. The van der Waals surface area contributed by atoms with Gasteiger partial charge in [-0.15, -0.1) is 0 Å². The van der Waals surface area contributed by atoms with Crippen LogP contribution in [0.5, 0.6) is 0 Å². The van der Waals surface area contributed by atoms with Gasteiger partial charge in [-0.05, 0) is 23.8 Å². The largest absolute Gasteiger partial charge is 0.361 e. The highest BCUT2D eigenvalue weighted by atomic mass is 35.5. The third-order valence-electron chi connectivity index (χ3n) is 3.20. The monoisotopic (exact) mass is 352 g/mol. The zero-order valence-electron chi connectivity index (χ0n) is 13.2. The van der Waals surface area contributed by atoms with Gasteiger partial charge in [0.15, 0.2) is 0 Å². The van der Waals surface area contributed by atoms with E-state index in [1.807, 2.05) is 18.2 Å². The molecular formula is C17H18Cl2N2O2. The zero-order chi connectivity index (χ0) is 16.9. The SMILES string of the molecule is COC(C)(C)ON=C(Cc1cccnc1)c1ccc(Cl)cc1Cl. The van der Waals surface area contributed by atoms with Crippen molar-refractivity contribution in [2.75, 3.05) is 7.11 Å². The Kier molecular flexibility index (Phi) is 5.99. The number of benzene rings is 1. The lowest BCUT2D eigenvalue weighted by Gasteiger charge is -2.21. The fraction of sp³-hybridized carbons (Fsp3) is 0.294. The fourth-order valence-corrected chi connectivity index (χ4v) is 2.32. The Bertz CT molecular complexity index is 688. The first kappa shape index (κ1) is 17.7. The molecule has 2 rings (SSSR count). The van der Waals surface area contributed by atoms with Crippen molar-refractivity contribution in [3.05, 3.63) is 63.9 Å². The average Bonchev–Trinajstić information content (AvgIpc) is 2.53. The Morgan fingerprint density at radius 2 is 2.04 bits per heavy atom. The first-order chi connectivity index (χ1) is 10.9. The van der Waals surface area contributed by atoms with Crippen molar-refractivity contribution in [1.82, 2.24) is 4.98 Å². The van der Waals surface area contributed by atoms with Crippen LogP contribution < -0.4 is 0 Å². The van der Waals surface area contributed by atoms with Crippen LogP contribution in [0.3, 0.4) is 0 Å². The Hall–Kier alpha value is -1.62. The predicted molar refractivity (Wildman–Crippen MR) is 93.1 cm³/mol. The molecule has 4 nitrogen and oxygen atoms in total. The number of hydrogen-bond donors (Lipinski definition) is 0. The van der Waals surface area contributed by atoms with Crippen LogP contribution in [-0.4, -0.2) is 23.6 Å². The molecule has 6 heteroatoms. The van der Waals surface area contributed by atoms with Crippen LogP contribution in [0.4, 0.5) is 0 Å². The normalized spacial score (nSPS) is 12.3. The number of ether oxygens (including phenoxy) is 1. The number of rotatable bonds is 6. The van der Waals surface area contributed by atoms with Gasteiger partial charge >= 0.3 is 0 Å². The molecule has 0 aliphatic rings. The van der Waals surface area contributed by atoms with Crippen LogP contribution in [-0.2, 0) is 16.0 Å². The van der Waals surface area contributed by atoms with Crippen molar-refractivity contribution in [1.29, 1.82) is 0 Å². The molecule has 0 saturated carbocycles. The molecule has 1 heterocycles. The van der Waals surface area contributed by atoms with Gasteiger partial charge in [0.25, 0.3) is 0 Å². The van der Waals surface area contributed by atoms with E-state index in [9.17, 15) is 0 Å². The molecule has 0 N–H and O–H groups in total. The lowest BCUT2D eigenvalue weighted by molar-refractivity contribution is -0.197. The maximum absolute atomic E-state index is 6.31. The fourth-order valence-electron chi connectivity index (χ4n) is 1.80. The van der Waals surface area contributed by atoms with Crippen molar-refractivity contribution in [3.8, 4) is 0 Å². The van der Waals surface area contributed by atoms with Crippen molar-refractivity contribution < 1.29 is 9.57 Å². The highest BCUT2D eigenvalue weighted by Gasteiger charge is 2.19.